The lowest BCUT2D eigenvalue weighted by atomic mass is 10.1. The molecule has 0 aliphatic carbocycles. The molecule has 1 atom stereocenters. The van der Waals surface area contributed by atoms with Crippen LogP contribution >= 0.6 is 0 Å². The molecule has 0 amide bonds. The Hall–Kier alpha value is -3.93. The van der Waals surface area contributed by atoms with E-state index < -0.39 is 6.10 Å². The van der Waals surface area contributed by atoms with Crippen LogP contribution in [-0.4, -0.2) is 37.2 Å². The van der Waals surface area contributed by atoms with Gasteiger partial charge in [0, 0.05) is 19.3 Å². The molecule has 0 aromatic heterocycles. The summed E-state index contributed by atoms with van der Waals surface area (Å²) in [6.45, 7) is 6.41. The number of esters is 3. The minimum Gasteiger partial charge on any atom is -0.462 e. The molecule has 0 rings (SSSR count). The number of ether oxygens (including phenoxy) is 3. The third-order valence-corrected chi connectivity index (χ3v) is 11.7. The van der Waals surface area contributed by atoms with Crippen molar-refractivity contribution in [3.63, 3.8) is 0 Å². The van der Waals surface area contributed by atoms with E-state index in [0.29, 0.717) is 19.3 Å². The summed E-state index contributed by atoms with van der Waals surface area (Å²) in [5, 5.41) is 0. The molecule has 0 saturated heterocycles. The van der Waals surface area contributed by atoms with Gasteiger partial charge in [0.2, 0.25) is 0 Å². The predicted molar refractivity (Wildman–Crippen MR) is 297 cm³/mol. The Morgan fingerprint density at radius 3 is 0.942 bits per heavy atom. The average Bonchev–Trinajstić information content (AvgIpc) is 3.35. The van der Waals surface area contributed by atoms with Gasteiger partial charge in [-0.3, -0.25) is 14.4 Å². The molecular weight excluding hydrogens is 853 g/mol. The highest BCUT2D eigenvalue weighted by atomic mass is 16.6. The molecule has 0 aromatic rings. The number of rotatable bonds is 50. The third-order valence-electron chi connectivity index (χ3n) is 11.7. The fraction of sp³-hybridized carbons (Fsp3) is 0.667. The van der Waals surface area contributed by atoms with Crippen molar-refractivity contribution in [3.8, 4) is 0 Å². The van der Waals surface area contributed by atoms with Crippen molar-refractivity contribution < 1.29 is 28.6 Å². The van der Waals surface area contributed by atoms with Gasteiger partial charge in [-0.15, -0.1) is 0 Å². The Morgan fingerprint density at radius 2 is 0.580 bits per heavy atom. The van der Waals surface area contributed by atoms with Crippen LogP contribution in [-0.2, 0) is 28.6 Å². The molecule has 0 aliphatic heterocycles. The normalized spacial score (nSPS) is 12.9. The first-order chi connectivity index (χ1) is 34.0. The van der Waals surface area contributed by atoms with Gasteiger partial charge >= 0.3 is 17.9 Å². The van der Waals surface area contributed by atoms with Crippen molar-refractivity contribution in [1.82, 2.24) is 0 Å². The fourth-order valence-electron chi connectivity index (χ4n) is 7.48. The summed E-state index contributed by atoms with van der Waals surface area (Å²) in [7, 11) is 0. The van der Waals surface area contributed by atoms with Crippen LogP contribution in [0.15, 0.2) is 109 Å². The third kappa shape index (κ3) is 54.9. The Balaban J connectivity index is 4.51. The number of carbonyl (C=O) groups excluding carboxylic acids is 3. The van der Waals surface area contributed by atoms with Crippen molar-refractivity contribution in [2.24, 2.45) is 0 Å². The van der Waals surface area contributed by atoms with Crippen LogP contribution in [0.1, 0.15) is 252 Å². The summed E-state index contributed by atoms with van der Waals surface area (Å²) in [5.41, 5.74) is 0. The highest BCUT2D eigenvalue weighted by Gasteiger charge is 2.19. The van der Waals surface area contributed by atoms with Crippen molar-refractivity contribution in [1.29, 1.82) is 0 Å². The molecule has 0 saturated carbocycles. The lowest BCUT2D eigenvalue weighted by molar-refractivity contribution is -0.167. The Morgan fingerprint density at radius 1 is 0.304 bits per heavy atom. The molecule has 0 bridgehead atoms. The lowest BCUT2D eigenvalue weighted by Gasteiger charge is -2.18. The summed E-state index contributed by atoms with van der Waals surface area (Å²) in [5.74, 6) is -0.980. The number of hydrogen-bond acceptors (Lipinski definition) is 6. The molecule has 6 nitrogen and oxygen atoms in total. The maximum atomic E-state index is 12.9. The van der Waals surface area contributed by atoms with E-state index in [0.717, 1.165) is 103 Å². The molecule has 0 aromatic carbocycles. The van der Waals surface area contributed by atoms with Gasteiger partial charge in [0.1, 0.15) is 13.2 Å². The van der Waals surface area contributed by atoms with E-state index in [9.17, 15) is 14.4 Å². The first kappa shape index (κ1) is 65.1. The van der Waals surface area contributed by atoms with Gasteiger partial charge in [-0.05, 0) is 122 Å². The van der Waals surface area contributed by atoms with E-state index in [1.807, 2.05) is 0 Å². The molecule has 0 spiro atoms. The first-order valence-corrected chi connectivity index (χ1v) is 28.4. The van der Waals surface area contributed by atoms with E-state index in [1.165, 1.54) is 103 Å². The van der Waals surface area contributed by atoms with Crippen molar-refractivity contribution >= 4 is 17.9 Å². The van der Waals surface area contributed by atoms with Crippen molar-refractivity contribution in [3.05, 3.63) is 109 Å². The van der Waals surface area contributed by atoms with Crippen molar-refractivity contribution in [2.75, 3.05) is 13.2 Å². The van der Waals surface area contributed by atoms with E-state index in [2.05, 4.69) is 130 Å². The Labute approximate surface area is 425 Å². The molecule has 0 N–H and O–H groups in total. The maximum Gasteiger partial charge on any atom is 0.306 e. The topological polar surface area (TPSA) is 78.9 Å². The molecule has 0 heterocycles. The molecule has 392 valence electrons. The summed E-state index contributed by atoms with van der Waals surface area (Å²) >= 11 is 0. The van der Waals surface area contributed by atoms with Gasteiger partial charge in [-0.2, -0.15) is 0 Å². The van der Waals surface area contributed by atoms with Crippen molar-refractivity contribution in [2.45, 2.75) is 258 Å². The number of unbranched alkanes of at least 4 members (excludes halogenated alkanes) is 21. The molecule has 6 heteroatoms. The second-order valence-corrected chi connectivity index (χ2v) is 18.5. The van der Waals surface area contributed by atoms with E-state index in [1.54, 1.807) is 0 Å². The molecule has 69 heavy (non-hydrogen) atoms. The zero-order valence-electron chi connectivity index (χ0n) is 44.8. The van der Waals surface area contributed by atoms with E-state index in [-0.39, 0.29) is 37.5 Å². The summed E-state index contributed by atoms with van der Waals surface area (Å²) < 4.78 is 16.8. The van der Waals surface area contributed by atoms with Gasteiger partial charge in [0.25, 0.3) is 0 Å². The summed E-state index contributed by atoms with van der Waals surface area (Å²) in [6.07, 6.45) is 76.4. The SMILES string of the molecule is CC/C=C\C/C=C\C/C=C\C/C=C\C/C=C\CCCC(=O)OC[C@H](COC(=O)CCCCCCCCC/C=C\C/C=C\CCCCC)OC(=O)CCCCCCCCC/C=C\C/C=C\CCCCC. The minimum atomic E-state index is -0.811. The van der Waals surface area contributed by atoms with Crippen LogP contribution in [0, 0.1) is 0 Å². The predicted octanol–water partition coefficient (Wildman–Crippen LogP) is 19.1. The molecule has 0 unspecified atom stereocenters. The average molecular weight is 958 g/mol. The van der Waals surface area contributed by atoms with Crippen LogP contribution in [0.3, 0.4) is 0 Å². The quantitative estimate of drug-likeness (QED) is 0.0262. The second-order valence-electron chi connectivity index (χ2n) is 18.5. The molecule has 0 fully saturated rings. The van der Waals surface area contributed by atoms with Gasteiger partial charge in [0.05, 0.1) is 0 Å². The molecular formula is C63H104O6. The number of carbonyl (C=O) groups is 3. The Kier molecular flexibility index (Phi) is 53.4. The van der Waals surface area contributed by atoms with Gasteiger partial charge < -0.3 is 14.2 Å². The largest absolute Gasteiger partial charge is 0.462 e. The van der Waals surface area contributed by atoms with Gasteiger partial charge in [-0.1, -0.05) is 220 Å². The van der Waals surface area contributed by atoms with Crippen LogP contribution in [0.4, 0.5) is 0 Å². The van der Waals surface area contributed by atoms with Crippen LogP contribution in [0.2, 0.25) is 0 Å². The molecule has 0 radical (unpaired) electrons. The van der Waals surface area contributed by atoms with E-state index in [4.69, 9.17) is 14.2 Å². The Bertz CT molecular complexity index is 1420. The zero-order valence-corrected chi connectivity index (χ0v) is 44.8. The van der Waals surface area contributed by atoms with Crippen LogP contribution < -0.4 is 0 Å². The first-order valence-electron chi connectivity index (χ1n) is 28.4. The second kappa shape index (κ2) is 56.7. The highest BCUT2D eigenvalue weighted by Crippen LogP contribution is 2.14. The number of hydrogen-bond donors (Lipinski definition) is 0. The van der Waals surface area contributed by atoms with Gasteiger partial charge in [0.15, 0.2) is 6.10 Å². The van der Waals surface area contributed by atoms with Gasteiger partial charge in [-0.25, -0.2) is 0 Å². The molecule has 0 aliphatic rings. The smallest absolute Gasteiger partial charge is 0.306 e. The standard InChI is InChI=1S/C63H104O6/c1-4-7-10-13-16-19-22-25-28-31-34-37-40-43-46-49-52-55-61(64)67-58-60(69-63(66)57-54-51-48-45-42-39-36-33-30-27-24-21-18-15-12-9-6-3)59-68-62(65)56-53-50-47-44-41-38-35-32-29-26-23-20-17-14-11-8-5-2/h7,10,16-21,25-30,34,37,43,46,60H,4-6,8-9,11-15,22-24,31-33,35-36,38-42,44-45,47-59H2,1-3H3/b10-7-,19-16-,20-17-,21-18-,28-25-,29-26-,30-27-,37-34-,46-43-/t60-/m1/s1. The number of allylic oxidation sites excluding steroid dienone is 18. The van der Waals surface area contributed by atoms with Crippen LogP contribution in [0.5, 0.6) is 0 Å². The monoisotopic (exact) mass is 957 g/mol. The lowest BCUT2D eigenvalue weighted by Crippen LogP contribution is -2.30. The van der Waals surface area contributed by atoms with E-state index >= 15 is 0 Å². The highest BCUT2D eigenvalue weighted by molar-refractivity contribution is 5.71. The fourth-order valence-corrected chi connectivity index (χ4v) is 7.48. The summed E-state index contributed by atoms with van der Waals surface area (Å²) in [4.78, 5) is 38.1. The van der Waals surface area contributed by atoms with Crippen LogP contribution in [0.25, 0.3) is 0 Å². The minimum absolute atomic E-state index is 0.105. The maximum absolute atomic E-state index is 12.9. The zero-order chi connectivity index (χ0) is 50.0. The summed E-state index contributed by atoms with van der Waals surface area (Å²) in [6, 6.07) is 0.